The fourth-order valence-corrected chi connectivity index (χ4v) is 3.92. The van der Waals surface area contributed by atoms with Crippen molar-refractivity contribution in [2.24, 2.45) is 0 Å². The van der Waals surface area contributed by atoms with Crippen LogP contribution >= 0.6 is 11.3 Å². The zero-order valence-corrected chi connectivity index (χ0v) is 17.4. The minimum Gasteiger partial charge on any atom is -0.497 e. The van der Waals surface area contributed by atoms with Crippen molar-refractivity contribution in [3.8, 4) is 5.75 Å². The van der Waals surface area contributed by atoms with Crippen molar-refractivity contribution in [2.45, 2.75) is 13.0 Å². The molecule has 4 rings (SSSR count). The van der Waals surface area contributed by atoms with Gasteiger partial charge >= 0.3 is 0 Å². The van der Waals surface area contributed by atoms with Crippen molar-refractivity contribution in [3.05, 3.63) is 59.1 Å². The zero-order chi connectivity index (χ0) is 21.8. The number of benzene rings is 2. The third kappa shape index (κ3) is 4.69. The van der Waals surface area contributed by atoms with Crippen LogP contribution in [0.1, 0.15) is 6.42 Å². The van der Waals surface area contributed by atoms with Gasteiger partial charge in [0.15, 0.2) is 5.13 Å². The van der Waals surface area contributed by atoms with Crippen molar-refractivity contribution in [2.75, 3.05) is 19.0 Å². The molecule has 0 saturated heterocycles. The predicted molar refractivity (Wildman–Crippen MR) is 118 cm³/mol. The third-order valence-electron chi connectivity index (χ3n) is 4.56. The van der Waals surface area contributed by atoms with Gasteiger partial charge in [0, 0.05) is 13.0 Å². The Morgan fingerprint density at radius 1 is 1.13 bits per heavy atom. The molecule has 0 aliphatic rings. The van der Waals surface area contributed by atoms with E-state index in [2.05, 4.69) is 20.6 Å². The van der Waals surface area contributed by atoms with Crippen LogP contribution in [0.4, 0.5) is 5.13 Å². The Labute approximate surface area is 180 Å². The molecule has 10 heteroatoms. The zero-order valence-electron chi connectivity index (χ0n) is 16.6. The van der Waals surface area contributed by atoms with Crippen LogP contribution in [0.25, 0.3) is 21.1 Å². The maximum Gasteiger partial charge on any atom is 0.261 e. The van der Waals surface area contributed by atoms with Gasteiger partial charge in [-0.05, 0) is 30.3 Å². The number of anilines is 1. The lowest BCUT2D eigenvalue weighted by Crippen LogP contribution is -2.34. The Hall–Kier alpha value is -3.79. The first-order valence-corrected chi connectivity index (χ1v) is 10.3. The summed E-state index contributed by atoms with van der Waals surface area (Å²) in [5, 5.41) is 6.31. The van der Waals surface area contributed by atoms with Gasteiger partial charge < -0.3 is 15.4 Å². The molecule has 9 nitrogen and oxygen atoms in total. The summed E-state index contributed by atoms with van der Waals surface area (Å²) in [7, 11) is 1.59. The summed E-state index contributed by atoms with van der Waals surface area (Å²) < 4.78 is 7.33. The Kier molecular flexibility index (Phi) is 5.89. The summed E-state index contributed by atoms with van der Waals surface area (Å²) >= 11 is 1.34. The van der Waals surface area contributed by atoms with E-state index in [1.165, 1.54) is 22.2 Å². The first kappa shape index (κ1) is 20.5. The van der Waals surface area contributed by atoms with Gasteiger partial charge in [-0.2, -0.15) is 0 Å². The SMILES string of the molecule is COc1ccc2nc(NC(=O)CCNC(=O)Cn3cnc4ccccc4c3=O)sc2c1. The van der Waals surface area contributed by atoms with Crippen molar-refractivity contribution in [1.82, 2.24) is 19.9 Å². The molecule has 31 heavy (non-hydrogen) atoms. The number of rotatable bonds is 7. The molecular weight excluding hydrogens is 418 g/mol. The van der Waals surface area contributed by atoms with E-state index in [1.54, 1.807) is 37.4 Å². The molecule has 0 radical (unpaired) electrons. The van der Waals surface area contributed by atoms with E-state index in [4.69, 9.17) is 4.74 Å². The van der Waals surface area contributed by atoms with Crippen LogP contribution in [0.2, 0.25) is 0 Å². The van der Waals surface area contributed by atoms with Gasteiger partial charge in [-0.15, -0.1) is 0 Å². The Morgan fingerprint density at radius 3 is 2.81 bits per heavy atom. The Bertz CT molecular complexity index is 1330. The second-order valence-electron chi connectivity index (χ2n) is 6.70. The Morgan fingerprint density at radius 2 is 1.97 bits per heavy atom. The highest BCUT2D eigenvalue weighted by Gasteiger charge is 2.11. The summed E-state index contributed by atoms with van der Waals surface area (Å²) in [5.74, 6) is 0.0763. The van der Waals surface area contributed by atoms with E-state index in [1.807, 2.05) is 12.1 Å². The molecule has 0 saturated carbocycles. The monoisotopic (exact) mass is 437 g/mol. The van der Waals surface area contributed by atoms with E-state index in [-0.39, 0.29) is 36.9 Å². The minimum absolute atomic E-state index is 0.0792. The van der Waals surface area contributed by atoms with Gasteiger partial charge in [0.25, 0.3) is 5.56 Å². The number of carbonyl (C=O) groups excluding carboxylic acids is 2. The van der Waals surface area contributed by atoms with Crippen molar-refractivity contribution >= 4 is 49.4 Å². The molecule has 4 aromatic rings. The number of hydrogen-bond acceptors (Lipinski definition) is 7. The molecular formula is C21H19N5O4S. The second-order valence-corrected chi connectivity index (χ2v) is 7.73. The number of amides is 2. The van der Waals surface area contributed by atoms with E-state index in [0.29, 0.717) is 16.0 Å². The normalized spacial score (nSPS) is 10.9. The van der Waals surface area contributed by atoms with E-state index in [0.717, 1.165) is 16.0 Å². The lowest BCUT2D eigenvalue weighted by atomic mass is 10.2. The molecule has 0 spiro atoms. The van der Waals surface area contributed by atoms with Gasteiger partial charge in [-0.25, -0.2) is 9.97 Å². The van der Waals surface area contributed by atoms with Crippen LogP contribution in [0.5, 0.6) is 5.75 Å². The number of carbonyl (C=O) groups is 2. The van der Waals surface area contributed by atoms with Gasteiger partial charge in [-0.1, -0.05) is 23.5 Å². The maximum absolute atomic E-state index is 12.4. The molecule has 2 N–H and O–H groups in total. The average molecular weight is 437 g/mol. The molecule has 0 fully saturated rings. The smallest absolute Gasteiger partial charge is 0.261 e. The predicted octanol–water partition coefficient (Wildman–Crippen LogP) is 2.16. The summed E-state index contributed by atoms with van der Waals surface area (Å²) in [6.07, 6.45) is 1.43. The molecule has 2 aromatic carbocycles. The van der Waals surface area contributed by atoms with Crippen molar-refractivity contribution < 1.29 is 14.3 Å². The standard InChI is InChI=1S/C21H19N5O4S/c1-30-13-6-7-16-17(10-13)31-21(24-16)25-18(27)8-9-22-19(28)11-26-12-23-15-5-3-2-4-14(15)20(26)29/h2-7,10,12H,8-9,11H2,1H3,(H,22,28)(H,24,25,27). The largest absolute Gasteiger partial charge is 0.497 e. The average Bonchev–Trinajstić information content (AvgIpc) is 3.17. The van der Waals surface area contributed by atoms with Gasteiger partial charge in [0.2, 0.25) is 11.8 Å². The number of hydrogen-bond donors (Lipinski definition) is 2. The van der Waals surface area contributed by atoms with Gasteiger partial charge in [0.1, 0.15) is 12.3 Å². The molecule has 2 heterocycles. The number of para-hydroxylation sites is 1. The topological polar surface area (TPSA) is 115 Å². The third-order valence-corrected chi connectivity index (χ3v) is 5.50. The van der Waals surface area contributed by atoms with Crippen molar-refractivity contribution in [1.29, 1.82) is 0 Å². The van der Waals surface area contributed by atoms with Gasteiger partial charge in [0.05, 0.1) is 34.6 Å². The van der Waals surface area contributed by atoms with Crippen LogP contribution in [0.3, 0.4) is 0 Å². The fraction of sp³-hybridized carbons (Fsp3) is 0.190. The molecule has 0 unspecified atom stereocenters. The molecule has 158 valence electrons. The van der Waals surface area contributed by atoms with Crippen LogP contribution in [-0.2, 0) is 16.1 Å². The van der Waals surface area contributed by atoms with Crippen LogP contribution in [-0.4, -0.2) is 40.0 Å². The summed E-state index contributed by atoms with van der Waals surface area (Å²) in [6.45, 7) is -0.0306. The number of aromatic nitrogens is 3. The number of nitrogens with zero attached hydrogens (tertiary/aromatic N) is 3. The van der Waals surface area contributed by atoms with Crippen LogP contribution in [0.15, 0.2) is 53.6 Å². The Balaban J connectivity index is 1.29. The fourth-order valence-electron chi connectivity index (χ4n) is 3.01. The molecule has 0 aliphatic heterocycles. The number of nitrogens with one attached hydrogen (secondary N) is 2. The van der Waals surface area contributed by atoms with Gasteiger partial charge in [-0.3, -0.25) is 19.0 Å². The maximum atomic E-state index is 12.4. The number of methoxy groups -OCH3 is 1. The quantitative estimate of drug-likeness (QED) is 0.458. The summed E-state index contributed by atoms with van der Waals surface area (Å²) in [5.41, 5.74) is 1.06. The molecule has 0 atom stereocenters. The minimum atomic E-state index is -0.376. The first-order chi connectivity index (χ1) is 15.0. The summed E-state index contributed by atoms with van der Waals surface area (Å²) in [4.78, 5) is 45.3. The number of thiazole rings is 1. The number of ether oxygens (including phenoxy) is 1. The van der Waals surface area contributed by atoms with Crippen LogP contribution < -0.4 is 20.9 Å². The highest BCUT2D eigenvalue weighted by Crippen LogP contribution is 2.29. The van der Waals surface area contributed by atoms with Crippen LogP contribution in [0, 0.1) is 0 Å². The van der Waals surface area contributed by atoms with E-state index >= 15 is 0 Å². The highest BCUT2D eigenvalue weighted by atomic mass is 32.1. The molecule has 2 amide bonds. The highest BCUT2D eigenvalue weighted by molar-refractivity contribution is 7.22. The van der Waals surface area contributed by atoms with E-state index < -0.39 is 0 Å². The van der Waals surface area contributed by atoms with Crippen molar-refractivity contribution in [3.63, 3.8) is 0 Å². The first-order valence-electron chi connectivity index (χ1n) is 9.49. The molecule has 0 aliphatic carbocycles. The summed E-state index contributed by atoms with van der Waals surface area (Å²) in [6, 6.07) is 12.4. The van der Waals surface area contributed by atoms with E-state index in [9.17, 15) is 14.4 Å². The lowest BCUT2D eigenvalue weighted by molar-refractivity contribution is -0.121. The molecule has 0 bridgehead atoms. The molecule has 2 aromatic heterocycles. The second kappa shape index (κ2) is 8.92. The lowest BCUT2D eigenvalue weighted by Gasteiger charge is -2.08. The number of fused-ring (bicyclic) bond motifs is 2.